The van der Waals surface area contributed by atoms with Crippen molar-refractivity contribution in [3.8, 4) is 0 Å². The topological polar surface area (TPSA) is 28.6 Å². The van der Waals surface area contributed by atoms with E-state index >= 15 is 0 Å². The lowest BCUT2D eigenvalue weighted by Crippen LogP contribution is -2.44. The Bertz CT molecular complexity index is 851. The molecule has 0 bridgehead atoms. The van der Waals surface area contributed by atoms with Gasteiger partial charge in [-0.2, -0.15) is 13.2 Å². The van der Waals surface area contributed by atoms with Crippen molar-refractivity contribution in [1.29, 1.82) is 0 Å². The molecule has 2 atom stereocenters. The highest BCUT2D eigenvalue weighted by atomic mass is 19.4. The van der Waals surface area contributed by atoms with Gasteiger partial charge in [-0.3, -0.25) is 4.98 Å². The highest BCUT2D eigenvalue weighted by Gasteiger charge is 2.34. The summed E-state index contributed by atoms with van der Waals surface area (Å²) >= 11 is 0. The Balaban J connectivity index is 1.48. The monoisotopic (exact) mass is 421 g/mol. The zero-order valence-electron chi connectivity index (χ0n) is 17.5. The molecule has 2 aromatic rings. The van der Waals surface area contributed by atoms with Crippen molar-refractivity contribution in [3.63, 3.8) is 0 Å². The van der Waals surface area contributed by atoms with Crippen LogP contribution in [0.3, 0.4) is 0 Å². The Kier molecular flexibility index (Phi) is 6.48. The Morgan fingerprint density at radius 2 is 1.90 bits per heavy atom. The molecule has 1 aromatic heterocycles. The van der Waals surface area contributed by atoms with E-state index in [1.54, 1.807) is 18.2 Å². The van der Waals surface area contributed by atoms with Gasteiger partial charge in [0.1, 0.15) is 0 Å². The smallest absolute Gasteiger partial charge is 0.375 e. The summed E-state index contributed by atoms with van der Waals surface area (Å²) in [5.74, 6) is 0.410. The second-order valence-corrected chi connectivity index (χ2v) is 8.67. The van der Waals surface area contributed by atoms with Crippen LogP contribution in [0, 0.1) is 5.92 Å². The zero-order chi connectivity index (χ0) is 21.1. The number of ether oxygens (including phenoxy) is 1. The summed E-state index contributed by atoms with van der Waals surface area (Å²) < 4.78 is 46.5. The summed E-state index contributed by atoms with van der Waals surface area (Å²) in [5.41, 5.74) is 0.145. The predicted octanol–water partition coefficient (Wildman–Crippen LogP) is 4.97. The van der Waals surface area contributed by atoms with Crippen LogP contribution in [0.15, 0.2) is 30.5 Å². The molecule has 2 fully saturated rings. The first-order valence-corrected chi connectivity index (χ1v) is 11.0. The SMILES string of the molecule is C[C@@H]1C[C@H](OCCN2CCCCC2)CN(c2ccc(C(F)(F)F)c3ncccc23)C1. The number of anilines is 1. The second-order valence-electron chi connectivity index (χ2n) is 8.67. The highest BCUT2D eigenvalue weighted by molar-refractivity contribution is 5.94. The van der Waals surface area contributed by atoms with Gasteiger partial charge in [0.25, 0.3) is 0 Å². The number of pyridine rings is 1. The van der Waals surface area contributed by atoms with Crippen molar-refractivity contribution < 1.29 is 17.9 Å². The number of alkyl halides is 3. The standard InChI is InChI=1S/C23H30F3N3O/c1-17-14-18(30-13-12-28-10-3-2-4-11-28)16-29(15-17)21-8-7-20(23(24,25)26)22-19(21)6-5-9-27-22/h5-9,17-18H,2-4,10-16H2,1H3/t17-,18+/m1/s1. The minimum Gasteiger partial charge on any atom is -0.375 e. The van der Waals surface area contributed by atoms with Crippen molar-refractivity contribution in [1.82, 2.24) is 9.88 Å². The van der Waals surface area contributed by atoms with Crippen LogP contribution in [0.2, 0.25) is 0 Å². The number of aromatic nitrogens is 1. The molecule has 2 aliphatic heterocycles. The average Bonchev–Trinajstić information content (AvgIpc) is 2.72. The summed E-state index contributed by atoms with van der Waals surface area (Å²) in [6, 6.07) is 6.19. The third-order valence-electron chi connectivity index (χ3n) is 6.22. The minimum absolute atomic E-state index is 0.0169. The van der Waals surface area contributed by atoms with Gasteiger partial charge in [-0.1, -0.05) is 13.3 Å². The number of nitrogens with zero attached hydrogens (tertiary/aromatic N) is 3. The zero-order valence-corrected chi connectivity index (χ0v) is 17.5. The Morgan fingerprint density at radius 1 is 1.10 bits per heavy atom. The summed E-state index contributed by atoms with van der Waals surface area (Å²) in [6.07, 6.45) is 1.93. The lowest BCUT2D eigenvalue weighted by molar-refractivity contribution is -0.136. The summed E-state index contributed by atoms with van der Waals surface area (Å²) in [4.78, 5) is 8.69. The molecule has 0 N–H and O–H groups in total. The molecule has 0 amide bonds. The largest absolute Gasteiger partial charge is 0.418 e. The van der Waals surface area contributed by atoms with Crippen molar-refractivity contribution in [2.75, 3.05) is 44.2 Å². The maximum absolute atomic E-state index is 13.4. The summed E-state index contributed by atoms with van der Waals surface area (Å²) in [7, 11) is 0. The molecule has 30 heavy (non-hydrogen) atoms. The van der Waals surface area contributed by atoms with E-state index in [4.69, 9.17) is 4.74 Å². The number of benzene rings is 1. The molecule has 2 saturated heterocycles. The molecule has 3 heterocycles. The van der Waals surface area contributed by atoms with Crippen LogP contribution in [-0.2, 0) is 10.9 Å². The van der Waals surface area contributed by atoms with E-state index in [0.29, 0.717) is 24.5 Å². The Morgan fingerprint density at radius 3 is 2.67 bits per heavy atom. The van der Waals surface area contributed by atoms with Gasteiger partial charge in [0, 0.05) is 36.9 Å². The van der Waals surface area contributed by atoms with E-state index in [1.165, 1.54) is 25.5 Å². The van der Waals surface area contributed by atoms with E-state index in [1.807, 2.05) is 0 Å². The van der Waals surface area contributed by atoms with Gasteiger partial charge in [-0.15, -0.1) is 0 Å². The van der Waals surface area contributed by atoms with Crippen molar-refractivity contribution in [3.05, 3.63) is 36.0 Å². The average molecular weight is 422 g/mol. The fourth-order valence-corrected chi connectivity index (χ4v) is 4.81. The fourth-order valence-electron chi connectivity index (χ4n) is 4.81. The van der Waals surface area contributed by atoms with Crippen LogP contribution < -0.4 is 4.90 Å². The lowest BCUT2D eigenvalue weighted by Gasteiger charge is -2.38. The first-order valence-electron chi connectivity index (χ1n) is 11.0. The molecule has 2 aliphatic rings. The lowest BCUT2D eigenvalue weighted by atomic mass is 9.96. The Hall–Kier alpha value is -1.86. The first-order chi connectivity index (χ1) is 14.4. The normalized spacial score (nSPS) is 23.8. The number of hydrogen-bond donors (Lipinski definition) is 0. The van der Waals surface area contributed by atoms with Gasteiger partial charge in [0.15, 0.2) is 0 Å². The molecule has 0 spiro atoms. The van der Waals surface area contributed by atoms with Crippen molar-refractivity contribution >= 4 is 16.6 Å². The quantitative estimate of drug-likeness (QED) is 0.682. The van der Waals surface area contributed by atoms with Crippen LogP contribution in [-0.4, -0.2) is 55.3 Å². The van der Waals surface area contributed by atoms with E-state index in [9.17, 15) is 13.2 Å². The molecule has 4 rings (SSSR count). The molecule has 4 nitrogen and oxygen atoms in total. The minimum atomic E-state index is -4.42. The summed E-state index contributed by atoms with van der Waals surface area (Å²) in [6.45, 7) is 7.65. The molecule has 0 radical (unpaired) electrons. The Labute approximate surface area is 176 Å². The van der Waals surface area contributed by atoms with Crippen LogP contribution in [0.1, 0.15) is 38.2 Å². The van der Waals surface area contributed by atoms with Gasteiger partial charge in [-0.25, -0.2) is 0 Å². The highest BCUT2D eigenvalue weighted by Crippen LogP contribution is 2.38. The van der Waals surface area contributed by atoms with Crippen molar-refractivity contribution in [2.45, 2.75) is 44.9 Å². The van der Waals surface area contributed by atoms with E-state index in [-0.39, 0.29) is 11.6 Å². The van der Waals surface area contributed by atoms with Gasteiger partial charge >= 0.3 is 6.18 Å². The van der Waals surface area contributed by atoms with Crippen LogP contribution in [0.5, 0.6) is 0 Å². The molecule has 164 valence electrons. The van der Waals surface area contributed by atoms with E-state index in [0.717, 1.165) is 44.4 Å². The van der Waals surface area contributed by atoms with Gasteiger partial charge in [0.2, 0.25) is 0 Å². The number of hydrogen-bond acceptors (Lipinski definition) is 4. The number of halogens is 3. The molecule has 0 saturated carbocycles. The molecule has 7 heteroatoms. The van der Waals surface area contributed by atoms with E-state index < -0.39 is 11.7 Å². The van der Waals surface area contributed by atoms with E-state index in [2.05, 4.69) is 21.7 Å². The third kappa shape index (κ3) is 4.89. The number of piperidine rings is 2. The van der Waals surface area contributed by atoms with Crippen LogP contribution in [0.4, 0.5) is 18.9 Å². The molecular formula is C23H30F3N3O. The molecule has 0 aliphatic carbocycles. The molecule has 0 unspecified atom stereocenters. The third-order valence-corrected chi connectivity index (χ3v) is 6.22. The maximum atomic E-state index is 13.4. The van der Waals surface area contributed by atoms with Gasteiger partial charge in [-0.05, 0) is 62.5 Å². The van der Waals surface area contributed by atoms with Gasteiger partial charge < -0.3 is 14.5 Å². The second kappa shape index (κ2) is 9.10. The van der Waals surface area contributed by atoms with Gasteiger partial charge in [0.05, 0.1) is 23.8 Å². The maximum Gasteiger partial charge on any atom is 0.418 e. The van der Waals surface area contributed by atoms with Crippen LogP contribution in [0.25, 0.3) is 10.9 Å². The predicted molar refractivity (Wildman–Crippen MR) is 113 cm³/mol. The summed E-state index contributed by atoms with van der Waals surface area (Å²) in [5, 5.41) is 0.550. The number of rotatable bonds is 5. The molecular weight excluding hydrogens is 391 g/mol. The number of likely N-dealkylation sites (tertiary alicyclic amines) is 1. The van der Waals surface area contributed by atoms with Crippen LogP contribution >= 0.6 is 0 Å². The number of fused-ring (bicyclic) bond motifs is 1. The molecule has 1 aromatic carbocycles. The fraction of sp³-hybridized carbons (Fsp3) is 0.609. The first kappa shape index (κ1) is 21.4. The van der Waals surface area contributed by atoms with Crippen molar-refractivity contribution in [2.24, 2.45) is 5.92 Å².